The Kier molecular flexibility index (Phi) is 6.25. The van der Waals surface area contributed by atoms with E-state index in [1.807, 2.05) is 11.8 Å². The average molecular weight is 335 g/mol. The maximum Gasteiger partial charge on any atom is 0.222 e. The highest BCUT2D eigenvalue weighted by Gasteiger charge is 2.24. The second kappa shape index (κ2) is 8.00. The molecule has 0 aromatic heterocycles. The Labute approximate surface area is 145 Å². The summed E-state index contributed by atoms with van der Waals surface area (Å²) >= 11 is 0. The van der Waals surface area contributed by atoms with Crippen molar-refractivity contribution in [1.82, 2.24) is 4.90 Å². The molecule has 0 atom stereocenters. The van der Waals surface area contributed by atoms with E-state index in [1.165, 1.54) is 6.07 Å². The van der Waals surface area contributed by atoms with Gasteiger partial charge in [0.05, 0.1) is 6.61 Å². The zero-order valence-corrected chi connectivity index (χ0v) is 15.4. The SMILES string of the molecule is CCCC(=O)N1CCC(COc2ccc(F)cc2C(C)(C)C)CC1. The van der Waals surface area contributed by atoms with Crippen molar-refractivity contribution in [2.75, 3.05) is 19.7 Å². The fraction of sp³-hybridized carbons (Fsp3) is 0.650. The maximum atomic E-state index is 13.6. The van der Waals surface area contributed by atoms with Crippen LogP contribution in [0.15, 0.2) is 18.2 Å². The van der Waals surface area contributed by atoms with Crippen LogP contribution >= 0.6 is 0 Å². The fourth-order valence-electron chi connectivity index (χ4n) is 3.14. The van der Waals surface area contributed by atoms with E-state index in [4.69, 9.17) is 4.74 Å². The Morgan fingerprint density at radius 1 is 1.29 bits per heavy atom. The predicted octanol–water partition coefficient (Wildman–Crippen LogP) is 4.54. The fourth-order valence-corrected chi connectivity index (χ4v) is 3.14. The molecule has 1 saturated heterocycles. The number of carbonyl (C=O) groups excluding carboxylic acids is 1. The molecule has 1 amide bonds. The number of halogens is 1. The molecule has 1 fully saturated rings. The van der Waals surface area contributed by atoms with E-state index in [9.17, 15) is 9.18 Å². The quantitative estimate of drug-likeness (QED) is 0.790. The minimum atomic E-state index is -0.227. The highest BCUT2D eigenvalue weighted by molar-refractivity contribution is 5.76. The van der Waals surface area contributed by atoms with Crippen LogP contribution in [0.25, 0.3) is 0 Å². The lowest BCUT2D eigenvalue weighted by Crippen LogP contribution is -2.39. The van der Waals surface area contributed by atoms with E-state index in [1.54, 1.807) is 12.1 Å². The molecular formula is C20H30FNO2. The molecule has 4 heteroatoms. The van der Waals surface area contributed by atoms with Gasteiger partial charge in [0, 0.05) is 25.1 Å². The Morgan fingerprint density at radius 2 is 1.96 bits per heavy atom. The summed E-state index contributed by atoms with van der Waals surface area (Å²) in [5, 5.41) is 0. The summed E-state index contributed by atoms with van der Waals surface area (Å²) in [6, 6.07) is 4.76. The molecule has 1 aromatic carbocycles. The molecule has 2 rings (SSSR count). The van der Waals surface area contributed by atoms with Crippen LogP contribution in [-0.2, 0) is 10.2 Å². The molecule has 0 saturated carbocycles. The van der Waals surface area contributed by atoms with Gasteiger partial charge in [0.1, 0.15) is 11.6 Å². The van der Waals surface area contributed by atoms with Gasteiger partial charge in [0.15, 0.2) is 0 Å². The van der Waals surface area contributed by atoms with Crippen molar-refractivity contribution < 1.29 is 13.9 Å². The Bertz CT molecular complexity index is 557. The van der Waals surface area contributed by atoms with E-state index in [0.29, 0.717) is 18.9 Å². The van der Waals surface area contributed by atoms with Gasteiger partial charge in [-0.2, -0.15) is 0 Å². The zero-order valence-electron chi connectivity index (χ0n) is 15.4. The topological polar surface area (TPSA) is 29.5 Å². The summed E-state index contributed by atoms with van der Waals surface area (Å²) < 4.78 is 19.6. The van der Waals surface area contributed by atoms with Gasteiger partial charge in [-0.05, 0) is 48.8 Å². The first-order valence-corrected chi connectivity index (χ1v) is 9.02. The molecule has 24 heavy (non-hydrogen) atoms. The highest BCUT2D eigenvalue weighted by Crippen LogP contribution is 2.32. The number of piperidine rings is 1. The van der Waals surface area contributed by atoms with Crippen LogP contribution in [0, 0.1) is 11.7 Å². The molecule has 1 aliphatic heterocycles. The third-order valence-corrected chi connectivity index (χ3v) is 4.66. The summed E-state index contributed by atoms with van der Waals surface area (Å²) in [5.74, 6) is 1.27. The number of benzene rings is 1. The van der Waals surface area contributed by atoms with Gasteiger partial charge < -0.3 is 9.64 Å². The molecule has 0 spiro atoms. The van der Waals surface area contributed by atoms with Gasteiger partial charge in [-0.25, -0.2) is 4.39 Å². The minimum Gasteiger partial charge on any atom is -0.493 e. The van der Waals surface area contributed by atoms with Gasteiger partial charge >= 0.3 is 0 Å². The molecule has 1 aliphatic rings. The van der Waals surface area contributed by atoms with Crippen LogP contribution in [-0.4, -0.2) is 30.5 Å². The minimum absolute atomic E-state index is 0.159. The van der Waals surface area contributed by atoms with Crippen LogP contribution < -0.4 is 4.74 Å². The summed E-state index contributed by atoms with van der Waals surface area (Å²) in [5.41, 5.74) is 0.742. The second-order valence-electron chi connectivity index (χ2n) is 7.78. The van der Waals surface area contributed by atoms with E-state index < -0.39 is 0 Å². The lowest BCUT2D eigenvalue weighted by Gasteiger charge is -2.32. The van der Waals surface area contributed by atoms with Gasteiger partial charge in [-0.1, -0.05) is 27.7 Å². The van der Waals surface area contributed by atoms with Crippen LogP contribution in [0.1, 0.15) is 58.9 Å². The number of ether oxygens (including phenoxy) is 1. The number of carbonyl (C=O) groups is 1. The van der Waals surface area contributed by atoms with E-state index in [-0.39, 0.29) is 17.1 Å². The number of likely N-dealkylation sites (tertiary alicyclic amines) is 1. The maximum absolute atomic E-state index is 13.6. The normalized spacial score (nSPS) is 16.3. The largest absolute Gasteiger partial charge is 0.493 e. The van der Waals surface area contributed by atoms with Gasteiger partial charge in [0.25, 0.3) is 0 Å². The van der Waals surface area contributed by atoms with Gasteiger partial charge in [-0.15, -0.1) is 0 Å². The Hall–Kier alpha value is -1.58. The first-order valence-electron chi connectivity index (χ1n) is 9.02. The molecule has 1 aromatic rings. The highest BCUT2D eigenvalue weighted by atomic mass is 19.1. The summed E-state index contributed by atoms with van der Waals surface area (Å²) in [4.78, 5) is 13.9. The molecule has 0 unspecified atom stereocenters. The van der Waals surface area contributed by atoms with Crippen molar-refractivity contribution >= 4 is 5.91 Å². The lowest BCUT2D eigenvalue weighted by atomic mass is 9.86. The first kappa shape index (κ1) is 18.8. The second-order valence-corrected chi connectivity index (χ2v) is 7.78. The van der Waals surface area contributed by atoms with E-state index in [0.717, 1.165) is 43.7 Å². The number of hydrogen-bond donors (Lipinski definition) is 0. The number of hydrogen-bond acceptors (Lipinski definition) is 2. The molecule has 3 nitrogen and oxygen atoms in total. The summed E-state index contributed by atoms with van der Waals surface area (Å²) in [6.45, 7) is 10.5. The smallest absolute Gasteiger partial charge is 0.222 e. The lowest BCUT2D eigenvalue weighted by molar-refractivity contribution is -0.132. The molecule has 0 radical (unpaired) electrons. The van der Waals surface area contributed by atoms with Crippen LogP contribution in [0.5, 0.6) is 5.75 Å². The molecule has 0 aliphatic carbocycles. The zero-order chi connectivity index (χ0) is 17.7. The van der Waals surface area contributed by atoms with Crippen molar-refractivity contribution in [3.8, 4) is 5.75 Å². The van der Waals surface area contributed by atoms with Crippen molar-refractivity contribution in [3.63, 3.8) is 0 Å². The Balaban J connectivity index is 1.90. The molecular weight excluding hydrogens is 305 g/mol. The number of rotatable bonds is 5. The first-order chi connectivity index (χ1) is 11.3. The van der Waals surface area contributed by atoms with Crippen molar-refractivity contribution in [2.24, 2.45) is 5.92 Å². The van der Waals surface area contributed by atoms with Gasteiger partial charge in [-0.3, -0.25) is 4.79 Å². The predicted molar refractivity (Wildman–Crippen MR) is 94.8 cm³/mol. The molecule has 0 N–H and O–H groups in total. The molecule has 134 valence electrons. The average Bonchev–Trinajstić information content (AvgIpc) is 2.53. The van der Waals surface area contributed by atoms with E-state index in [2.05, 4.69) is 20.8 Å². The summed E-state index contributed by atoms with van der Waals surface area (Å²) in [7, 11) is 0. The van der Waals surface area contributed by atoms with Crippen LogP contribution in [0.4, 0.5) is 4.39 Å². The van der Waals surface area contributed by atoms with Gasteiger partial charge in [0.2, 0.25) is 5.91 Å². The number of amides is 1. The molecule has 1 heterocycles. The third kappa shape index (κ3) is 4.96. The van der Waals surface area contributed by atoms with E-state index >= 15 is 0 Å². The standard InChI is InChI=1S/C20H30FNO2/c1-5-6-19(23)22-11-9-15(10-12-22)14-24-18-8-7-16(21)13-17(18)20(2,3)4/h7-8,13,15H,5-6,9-12,14H2,1-4H3. The van der Waals surface area contributed by atoms with Crippen molar-refractivity contribution in [2.45, 2.75) is 58.8 Å². The van der Waals surface area contributed by atoms with Crippen molar-refractivity contribution in [1.29, 1.82) is 0 Å². The van der Waals surface area contributed by atoms with Crippen LogP contribution in [0.3, 0.4) is 0 Å². The third-order valence-electron chi connectivity index (χ3n) is 4.66. The number of nitrogens with zero attached hydrogens (tertiary/aromatic N) is 1. The summed E-state index contributed by atoms with van der Waals surface area (Å²) in [6.07, 6.45) is 3.50. The van der Waals surface area contributed by atoms with Crippen molar-refractivity contribution in [3.05, 3.63) is 29.6 Å². The Morgan fingerprint density at radius 3 is 2.54 bits per heavy atom. The molecule has 0 bridgehead atoms. The monoisotopic (exact) mass is 335 g/mol. The van der Waals surface area contributed by atoms with Crippen LogP contribution in [0.2, 0.25) is 0 Å².